The quantitative estimate of drug-likeness (QED) is 0.783. The molecule has 130 valence electrons. The molecule has 2 aromatic rings. The fourth-order valence-corrected chi connectivity index (χ4v) is 7.61. The van der Waals surface area contributed by atoms with Gasteiger partial charge in [-0.1, -0.05) is 23.8 Å². The topological polar surface area (TPSA) is 37.4 Å². The van der Waals surface area contributed by atoms with Gasteiger partial charge in [-0.2, -0.15) is 16.1 Å². The minimum absolute atomic E-state index is 0.408. The number of hydrogen-bond acceptors (Lipinski definition) is 4. The maximum Gasteiger partial charge on any atom is 0.243 e. The van der Waals surface area contributed by atoms with Gasteiger partial charge in [0.25, 0.3) is 0 Å². The first kappa shape index (κ1) is 18.0. The summed E-state index contributed by atoms with van der Waals surface area (Å²) in [6.07, 6.45) is 0.869. The van der Waals surface area contributed by atoms with Crippen LogP contribution in [0.3, 0.4) is 0 Å². The predicted octanol–water partition coefficient (Wildman–Crippen LogP) is 4.54. The zero-order valence-corrected chi connectivity index (χ0v) is 16.7. The summed E-state index contributed by atoms with van der Waals surface area (Å²) < 4.78 is 28.1. The average molecular weight is 382 g/mol. The molecule has 2 heterocycles. The molecular weight excluding hydrogens is 358 g/mol. The fraction of sp³-hybridized carbons (Fsp3) is 0.444. The van der Waals surface area contributed by atoms with E-state index in [0.29, 0.717) is 23.2 Å². The molecule has 0 saturated carbocycles. The molecular formula is C18H23NO2S3. The monoisotopic (exact) mass is 381 g/mol. The van der Waals surface area contributed by atoms with E-state index >= 15 is 0 Å². The van der Waals surface area contributed by atoms with E-state index in [9.17, 15) is 8.42 Å². The number of nitrogens with zero attached hydrogens (tertiary/aromatic N) is 1. The Hall–Kier alpha value is -0.820. The van der Waals surface area contributed by atoms with Crippen molar-refractivity contribution in [3.63, 3.8) is 0 Å². The van der Waals surface area contributed by atoms with Crippen LogP contribution in [0.5, 0.6) is 0 Å². The van der Waals surface area contributed by atoms with Crippen LogP contribution >= 0.6 is 23.1 Å². The van der Waals surface area contributed by atoms with E-state index in [1.54, 1.807) is 15.6 Å². The lowest BCUT2D eigenvalue weighted by Crippen LogP contribution is -2.34. The molecule has 1 fully saturated rings. The van der Waals surface area contributed by atoms with Crippen molar-refractivity contribution in [3.8, 4) is 0 Å². The summed E-state index contributed by atoms with van der Waals surface area (Å²) in [6, 6.07) is 8.14. The molecule has 6 heteroatoms. The first-order valence-electron chi connectivity index (χ1n) is 8.12. The van der Waals surface area contributed by atoms with Crippen molar-refractivity contribution in [2.45, 2.75) is 37.3 Å². The Bertz CT molecular complexity index is 790. The van der Waals surface area contributed by atoms with Gasteiger partial charge in [0.15, 0.2) is 0 Å². The molecule has 1 unspecified atom stereocenters. The van der Waals surface area contributed by atoms with Gasteiger partial charge in [-0.3, -0.25) is 0 Å². The zero-order valence-electron chi connectivity index (χ0n) is 14.3. The Labute approximate surface area is 153 Å². The first-order valence-corrected chi connectivity index (χ1v) is 11.5. The van der Waals surface area contributed by atoms with Crippen molar-refractivity contribution in [3.05, 3.63) is 51.2 Å². The van der Waals surface area contributed by atoms with E-state index in [-0.39, 0.29) is 0 Å². The van der Waals surface area contributed by atoms with Gasteiger partial charge in [-0.25, -0.2) is 8.42 Å². The molecule has 1 aliphatic heterocycles. The number of benzene rings is 1. The van der Waals surface area contributed by atoms with Crippen molar-refractivity contribution in [2.24, 2.45) is 0 Å². The SMILES string of the molecule is Cc1cc(C)c(S(=O)(=O)N2CCSC(c3cccs3)CC2)c(C)c1. The van der Waals surface area contributed by atoms with Crippen LogP contribution in [0.1, 0.15) is 33.2 Å². The number of hydrogen-bond donors (Lipinski definition) is 0. The van der Waals surface area contributed by atoms with Crippen LogP contribution < -0.4 is 0 Å². The fourth-order valence-electron chi connectivity index (χ4n) is 3.40. The first-order chi connectivity index (χ1) is 11.4. The van der Waals surface area contributed by atoms with Gasteiger partial charge in [0, 0.05) is 29.0 Å². The smallest absolute Gasteiger partial charge is 0.207 e. The molecule has 0 N–H and O–H groups in total. The summed E-state index contributed by atoms with van der Waals surface area (Å²) in [4.78, 5) is 1.84. The maximum absolute atomic E-state index is 13.2. The van der Waals surface area contributed by atoms with Crippen molar-refractivity contribution in [1.82, 2.24) is 4.31 Å². The Morgan fingerprint density at radius 3 is 2.46 bits per heavy atom. The van der Waals surface area contributed by atoms with Gasteiger partial charge < -0.3 is 0 Å². The molecule has 0 amide bonds. The van der Waals surface area contributed by atoms with Crippen LogP contribution in [0.4, 0.5) is 0 Å². The number of sulfonamides is 1. The number of aryl methyl sites for hydroxylation is 3. The molecule has 0 radical (unpaired) electrons. The van der Waals surface area contributed by atoms with Crippen LogP contribution in [0.25, 0.3) is 0 Å². The average Bonchev–Trinajstić information content (AvgIpc) is 2.89. The second-order valence-electron chi connectivity index (χ2n) is 6.30. The normalized spacial score (nSPS) is 20.0. The van der Waals surface area contributed by atoms with E-state index in [1.165, 1.54) is 4.88 Å². The predicted molar refractivity (Wildman–Crippen MR) is 104 cm³/mol. The lowest BCUT2D eigenvalue weighted by Gasteiger charge is -2.22. The third kappa shape index (κ3) is 3.57. The summed E-state index contributed by atoms with van der Waals surface area (Å²) in [5.41, 5.74) is 2.80. The van der Waals surface area contributed by atoms with Crippen LogP contribution in [-0.2, 0) is 10.0 Å². The highest BCUT2D eigenvalue weighted by atomic mass is 32.2. The van der Waals surface area contributed by atoms with Gasteiger partial charge in [0.1, 0.15) is 0 Å². The molecule has 0 aliphatic carbocycles. The van der Waals surface area contributed by atoms with E-state index in [0.717, 1.165) is 28.9 Å². The summed E-state index contributed by atoms with van der Waals surface area (Å²) in [5.74, 6) is 0.839. The Balaban J connectivity index is 1.86. The minimum Gasteiger partial charge on any atom is -0.207 e. The largest absolute Gasteiger partial charge is 0.243 e. The lowest BCUT2D eigenvalue weighted by molar-refractivity contribution is 0.428. The highest BCUT2D eigenvalue weighted by molar-refractivity contribution is 7.99. The van der Waals surface area contributed by atoms with Gasteiger partial charge in [-0.05, 0) is 49.8 Å². The van der Waals surface area contributed by atoms with E-state index in [2.05, 4.69) is 17.5 Å². The number of thioether (sulfide) groups is 1. The van der Waals surface area contributed by atoms with E-state index in [4.69, 9.17) is 0 Å². The molecule has 0 bridgehead atoms. The van der Waals surface area contributed by atoms with Gasteiger partial charge >= 0.3 is 0 Å². The zero-order chi connectivity index (χ0) is 17.3. The molecule has 3 nitrogen and oxygen atoms in total. The van der Waals surface area contributed by atoms with Crippen LogP contribution in [-0.4, -0.2) is 31.6 Å². The molecule has 1 aromatic carbocycles. The molecule has 1 saturated heterocycles. The Kier molecular flexibility index (Phi) is 5.39. The van der Waals surface area contributed by atoms with Crippen LogP contribution in [0.15, 0.2) is 34.5 Å². The Morgan fingerprint density at radius 1 is 1.12 bits per heavy atom. The molecule has 3 rings (SSSR count). The van der Waals surface area contributed by atoms with Crippen molar-refractivity contribution >= 4 is 33.1 Å². The molecule has 0 spiro atoms. The van der Waals surface area contributed by atoms with Crippen molar-refractivity contribution in [2.75, 3.05) is 18.8 Å². The second kappa shape index (κ2) is 7.20. The third-order valence-corrected chi connectivity index (χ3v) is 9.01. The standard InChI is InChI=1S/C18H23NO2S3/c1-13-11-14(2)18(15(3)12-13)24(20,21)19-7-6-17(23-10-8-19)16-5-4-9-22-16/h4-5,9,11-12,17H,6-8,10H2,1-3H3. The van der Waals surface area contributed by atoms with Crippen molar-refractivity contribution < 1.29 is 8.42 Å². The summed E-state index contributed by atoms with van der Waals surface area (Å²) in [5, 5.41) is 2.50. The molecule has 1 aromatic heterocycles. The highest BCUT2D eigenvalue weighted by Gasteiger charge is 2.30. The van der Waals surface area contributed by atoms with Gasteiger partial charge in [0.05, 0.1) is 4.90 Å². The summed E-state index contributed by atoms with van der Waals surface area (Å²) in [7, 11) is -3.43. The lowest BCUT2D eigenvalue weighted by atomic mass is 10.1. The number of thiophene rings is 1. The molecule has 1 aliphatic rings. The maximum atomic E-state index is 13.2. The highest BCUT2D eigenvalue weighted by Crippen LogP contribution is 2.38. The third-order valence-electron chi connectivity index (χ3n) is 4.36. The minimum atomic E-state index is -3.43. The van der Waals surface area contributed by atoms with Gasteiger partial charge in [0.2, 0.25) is 10.0 Å². The van der Waals surface area contributed by atoms with E-state index < -0.39 is 10.0 Å². The molecule has 24 heavy (non-hydrogen) atoms. The summed E-state index contributed by atoms with van der Waals surface area (Å²) >= 11 is 3.63. The molecule has 1 atom stereocenters. The Morgan fingerprint density at radius 2 is 1.83 bits per heavy atom. The van der Waals surface area contributed by atoms with Crippen LogP contribution in [0.2, 0.25) is 0 Å². The van der Waals surface area contributed by atoms with Gasteiger partial charge in [-0.15, -0.1) is 11.3 Å². The summed E-state index contributed by atoms with van der Waals surface area (Å²) in [6.45, 7) is 6.97. The van der Waals surface area contributed by atoms with E-state index in [1.807, 2.05) is 44.7 Å². The van der Waals surface area contributed by atoms with Crippen LogP contribution in [0, 0.1) is 20.8 Å². The number of rotatable bonds is 3. The van der Waals surface area contributed by atoms with Crippen molar-refractivity contribution in [1.29, 1.82) is 0 Å². The second-order valence-corrected chi connectivity index (χ2v) is 10.5.